The van der Waals surface area contributed by atoms with Gasteiger partial charge in [0.05, 0.1) is 23.8 Å². The normalized spacial score (nSPS) is 18.6. The second kappa shape index (κ2) is 4.21. The quantitative estimate of drug-likeness (QED) is 0.892. The minimum absolute atomic E-state index is 0.0261. The zero-order valence-corrected chi connectivity index (χ0v) is 10.6. The molecule has 2 aromatic rings. The molecule has 1 atom stereocenters. The molecule has 2 N–H and O–H groups in total. The first kappa shape index (κ1) is 11.4. The van der Waals surface area contributed by atoms with Gasteiger partial charge in [0.15, 0.2) is 0 Å². The molecule has 0 amide bonds. The Morgan fingerprint density at radius 3 is 2.83 bits per heavy atom. The third-order valence-corrected chi connectivity index (χ3v) is 4.02. The maximum absolute atomic E-state index is 6.02. The highest BCUT2D eigenvalue weighted by Gasteiger charge is 2.42. The predicted molar refractivity (Wildman–Crippen MR) is 70.9 cm³/mol. The maximum atomic E-state index is 6.02. The van der Waals surface area contributed by atoms with Crippen molar-refractivity contribution in [1.82, 2.24) is 14.5 Å². The number of hydrogen-bond donors (Lipinski definition) is 1. The van der Waals surface area contributed by atoms with Crippen LogP contribution >= 0.6 is 0 Å². The van der Waals surface area contributed by atoms with Crippen molar-refractivity contribution in [2.75, 3.05) is 6.54 Å². The highest BCUT2D eigenvalue weighted by Crippen LogP contribution is 2.45. The zero-order valence-electron chi connectivity index (χ0n) is 10.6. The van der Waals surface area contributed by atoms with E-state index in [4.69, 9.17) is 5.73 Å². The Bertz CT molecular complexity index is 530. The van der Waals surface area contributed by atoms with Crippen LogP contribution in [0.5, 0.6) is 0 Å². The van der Waals surface area contributed by atoms with Gasteiger partial charge in [-0.1, -0.05) is 0 Å². The maximum Gasteiger partial charge on any atom is 0.0956 e. The molecular weight excluding hydrogens is 224 g/mol. The second-order valence-electron chi connectivity index (χ2n) is 5.23. The van der Waals surface area contributed by atoms with Gasteiger partial charge in [-0.2, -0.15) is 0 Å². The summed E-state index contributed by atoms with van der Waals surface area (Å²) in [5, 5.41) is 0. The number of pyridine rings is 1. The Balaban J connectivity index is 2.06. The van der Waals surface area contributed by atoms with Crippen molar-refractivity contribution in [3.8, 4) is 11.3 Å². The number of hydrogen-bond acceptors (Lipinski definition) is 3. The number of nitrogens with zero attached hydrogens (tertiary/aromatic N) is 3. The van der Waals surface area contributed by atoms with E-state index in [0.717, 1.165) is 11.3 Å². The van der Waals surface area contributed by atoms with E-state index >= 15 is 0 Å². The van der Waals surface area contributed by atoms with Crippen molar-refractivity contribution < 1.29 is 0 Å². The number of nitrogens with two attached hydrogens (primary N) is 1. The summed E-state index contributed by atoms with van der Waals surface area (Å²) < 4.78 is 2.22. The van der Waals surface area contributed by atoms with Gasteiger partial charge in [0, 0.05) is 24.5 Å². The molecule has 1 fully saturated rings. The molecule has 1 saturated carbocycles. The third kappa shape index (κ3) is 1.73. The Morgan fingerprint density at radius 1 is 1.39 bits per heavy atom. The fourth-order valence-electron chi connectivity index (χ4n) is 2.60. The minimum Gasteiger partial charge on any atom is -0.328 e. The first-order chi connectivity index (χ1) is 8.75. The van der Waals surface area contributed by atoms with E-state index in [1.807, 2.05) is 24.8 Å². The lowest BCUT2D eigenvalue weighted by Gasteiger charge is -2.31. The smallest absolute Gasteiger partial charge is 0.0956 e. The van der Waals surface area contributed by atoms with E-state index < -0.39 is 0 Å². The summed E-state index contributed by atoms with van der Waals surface area (Å²) in [5.74, 6) is 0.673. The first-order valence-electron chi connectivity index (χ1n) is 6.39. The summed E-state index contributed by atoms with van der Waals surface area (Å²) in [6.45, 7) is 2.87. The standard InChI is InChI=1S/C14H18N4/c1-14(9-15,12-4-5-12)18-10-17-8-13(18)11-3-2-6-16-7-11/h2-3,6-8,10,12H,4-5,9,15H2,1H3. The molecule has 1 aliphatic carbocycles. The molecule has 4 heteroatoms. The largest absolute Gasteiger partial charge is 0.328 e. The molecule has 0 bridgehead atoms. The molecule has 2 aromatic heterocycles. The molecule has 18 heavy (non-hydrogen) atoms. The summed E-state index contributed by atoms with van der Waals surface area (Å²) in [6.07, 6.45) is 9.97. The lowest BCUT2D eigenvalue weighted by Crippen LogP contribution is -2.40. The molecule has 0 aromatic carbocycles. The molecule has 1 aliphatic rings. The van der Waals surface area contributed by atoms with Crippen LogP contribution in [0.15, 0.2) is 37.1 Å². The van der Waals surface area contributed by atoms with Crippen molar-refractivity contribution in [3.05, 3.63) is 37.1 Å². The van der Waals surface area contributed by atoms with E-state index in [1.54, 1.807) is 6.20 Å². The van der Waals surface area contributed by atoms with Gasteiger partial charge in [0.1, 0.15) is 0 Å². The molecule has 0 aliphatic heterocycles. The predicted octanol–water partition coefficient (Wildman–Crippen LogP) is 2.03. The number of rotatable bonds is 4. The fourth-order valence-corrected chi connectivity index (χ4v) is 2.60. The first-order valence-corrected chi connectivity index (χ1v) is 6.39. The molecular formula is C14H18N4. The lowest BCUT2D eigenvalue weighted by atomic mass is 9.95. The van der Waals surface area contributed by atoms with E-state index in [0.29, 0.717) is 12.5 Å². The Morgan fingerprint density at radius 2 is 2.22 bits per heavy atom. The van der Waals surface area contributed by atoms with Gasteiger partial charge in [0.2, 0.25) is 0 Å². The minimum atomic E-state index is -0.0261. The highest BCUT2D eigenvalue weighted by atomic mass is 15.1. The van der Waals surface area contributed by atoms with Crippen LogP contribution in [0.3, 0.4) is 0 Å². The summed E-state index contributed by atoms with van der Waals surface area (Å²) in [6, 6.07) is 4.01. The van der Waals surface area contributed by atoms with Crippen molar-refractivity contribution in [2.45, 2.75) is 25.3 Å². The van der Waals surface area contributed by atoms with Crippen molar-refractivity contribution >= 4 is 0 Å². The summed E-state index contributed by atoms with van der Waals surface area (Å²) >= 11 is 0. The molecule has 1 unspecified atom stereocenters. The van der Waals surface area contributed by atoms with Gasteiger partial charge in [-0.25, -0.2) is 4.98 Å². The van der Waals surface area contributed by atoms with Crippen molar-refractivity contribution in [1.29, 1.82) is 0 Å². The van der Waals surface area contributed by atoms with Gasteiger partial charge < -0.3 is 10.3 Å². The molecule has 3 rings (SSSR count). The summed E-state index contributed by atoms with van der Waals surface area (Å²) in [7, 11) is 0. The third-order valence-electron chi connectivity index (χ3n) is 4.02. The van der Waals surface area contributed by atoms with E-state index in [2.05, 4.69) is 27.5 Å². The van der Waals surface area contributed by atoms with Crippen LogP contribution < -0.4 is 5.73 Å². The molecule has 4 nitrogen and oxygen atoms in total. The zero-order chi connectivity index (χ0) is 12.6. The fraction of sp³-hybridized carbons (Fsp3) is 0.429. The lowest BCUT2D eigenvalue weighted by molar-refractivity contribution is 0.284. The topological polar surface area (TPSA) is 56.7 Å². The SMILES string of the molecule is CC(CN)(C1CC1)n1cncc1-c1cccnc1. The number of imidazole rings is 1. The molecule has 2 heterocycles. The molecule has 94 valence electrons. The van der Waals surface area contributed by atoms with Crippen LogP contribution in [0.1, 0.15) is 19.8 Å². The van der Waals surface area contributed by atoms with Gasteiger partial charge >= 0.3 is 0 Å². The van der Waals surface area contributed by atoms with Crippen molar-refractivity contribution in [2.24, 2.45) is 11.7 Å². The average Bonchev–Trinajstić information content (AvgIpc) is 3.16. The van der Waals surface area contributed by atoms with Crippen LogP contribution in [0, 0.1) is 5.92 Å². The van der Waals surface area contributed by atoms with Gasteiger partial charge in [-0.05, 0) is 37.8 Å². The average molecular weight is 242 g/mol. The van der Waals surface area contributed by atoms with Crippen LogP contribution in [0.2, 0.25) is 0 Å². The number of aromatic nitrogens is 3. The Labute approximate surface area is 107 Å². The van der Waals surface area contributed by atoms with Gasteiger partial charge in [0.25, 0.3) is 0 Å². The van der Waals surface area contributed by atoms with Crippen LogP contribution in [0.4, 0.5) is 0 Å². The monoisotopic (exact) mass is 242 g/mol. The van der Waals surface area contributed by atoms with Crippen LogP contribution in [-0.2, 0) is 5.54 Å². The van der Waals surface area contributed by atoms with Gasteiger partial charge in [-0.3, -0.25) is 4.98 Å². The molecule has 0 saturated heterocycles. The van der Waals surface area contributed by atoms with Crippen molar-refractivity contribution in [3.63, 3.8) is 0 Å². The van der Waals surface area contributed by atoms with Gasteiger partial charge in [-0.15, -0.1) is 0 Å². The van der Waals surface area contributed by atoms with E-state index in [9.17, 15) is 0 Å². The highest BCUT2D eigenvalue weighted by molar-refractivity contribution is 5.57. The summed E-state index contributed by atoms with van der Waals surface area (Å²) in [4.78, 5) is 8.48. The summed E-state index contributed by atoms with van der Waals surface area (Å²) in [5.41, 5.74) is 8.19. The molecule has 0 spiro atoms. The van der Waals surface area contributed by atoms with E-state index in [-0.39, 0.29) is 5.54 Å². The van der Waals surface area contributed by atoms with E-state index in [1.165, 1.54) is 12.8 Å². The molecule has 0 radical (unpaired) electrons. The van der Waals surface area contributed by atoms with Crippen LogP contribution in [0.25, 0.3) is 11.3 Å². The van der Waals surface area contributed by atoms with Crippen LogP contribution in [-0.4, -0.2) is 21.1 Å². The second-order valence-corrected chi connectivity index (χ2v) is 5.23. The Hall–Kier alpha value is -1.68. The Kier molecular flexibility index (Phi) is 2.67.